The molecule has 0 radical (unpaired) electrons. The van der Waals surface area contributed by atoms with Crippen molar-refractivity contribution in [2.75, 3.05) is 18.0 Å². The number of anilines is 1. The summed E-state index contributed by atoms with van der Waals surface area (Å²) in [7, 11) is 0. The van der Waals surface area contributed by atoms with E-state index in [1.807, 2.05) is 4.90 Å². The average Bonchev–Trinajstić information content (AvgIpc) is 2.29. The lowest BCUT2D eigenvalue weighted by atomic mass is 10.4. The molecule has 0 fully saturated rings. The van der Waals surface area contributed by atoms with Crippen LogP contribution in [0, 0.1) is 0 Å². The summed E-state index contributed by atoms with van der Waals surface area (Å²) in [5, 5.41) is 0. The van der Waals surface area contributed by atoms with Gasteiger partial charge in [0.15, 0.2) is 6.29 Å². The van der Waals surface area contributed by atoms with Gasteiger partial charge in [0.2, 0.25) is 5.95 Å². The van der Waals surface area contributed by atoms with E-state index < -0.39 is 0 Å². The van der Waals surface area contributed by atoms with Crippen LogP contribution in [0.3, 0.4) is 0 Å². The number of carbonyl (C=O) groups is 1. The zero-order valence-corrected chi connectivity index (χ0v) is 8.47. The SMILES string of the molecule is C=CCN(CC=C)c1ncc(C=O)cn1. The van der Waals surface area contributed by atoms with Crippen LogP contribution in [0.5, 0.6) is 0 Å². The van der Waals surface area contributed by atoms with Gasteiger partial charge >= 0.3 is 0 Å². The third-order valence-corrected chi connectivity index (χ3v) is 1.78. The molecule has 0 bridgehead atoms. The van der Waals surface area contributed by atoms with Gasteiger partial charge in [-0.15, -0.1) is 13.2 Å². The van der Waals surface area contributed by atoms with Crippen molar-refractivity contribution < 1.29 is 4.79 Å². The molecule has 15 heavy (non-hydrogen) atoms. The van der Waals surface area contributed by atoms with Crippen molar-refractivity contribution in [1.29, 1.82) is 0 Å². The highest BCUT2D eigenvalue weighted by molar-refractivity contribution is 5.73. The minimum absolute atomic E-state index is 0.468. The second kappa shape index (κ2) is 5.70. The molecule has 0 atom stereocenters. The van der Waals surface area contributed by atoms with Gasteiger partial charge in [0, 0.05) is 25.5 Å². The number of hydrogen-bond acceptors (Lipinski definition) is 4. The Balaban J connectivity index is 2.84. The third-order valence-electron chi connectivity index (χ3n) is 1.78. The van der Waals surface area contributed by atoms with Crippen molar-refractivity contribution in [1.82, 2.24) is 9.97 Å². The molecular weight excluding hydrogens is 190 g/mol. The number of rotatable bonds is 6. The molecule has 4 nitrogen and oxygen atoms in total. The molecule has 0 aliphatic heterocycles. The van der Waals surface area contributed by atoms with Crippen LogP contribution >= 0.6 is 0 Å². The molecule has 1 aromatic heterocycles. The van der Waals surface area contributed by atoms with E-state index in [-0.39, 0.29) is 0 Å². The lowest BCUT2D eigenvalue weighted by molar-refractivity contribution is 0.112. The predicted octanol–water partition coefficient (Wildman–Crippen LogP) is 1.47. The number of aromatic nitrogens is 2. The van der Waals surface area contributed by atoms with Gasteiger partial charge in [-0.25, -0.2) is 9.97 Å². The molecule has 1 aromatic rings. The highest BCUT2D eigenvalue weighted by Gasteiger charge is 2.05. The Morgan fingerprint density at radius 3 is 2.13 bits per heavy atom. The van der Waals surface area contributed by atoms with E-state index in [2.05, 4.69) is 23.1 Å². The maximum atomic E-state index is 10.4. The van der Waals surface area contributed by atoms with Gasteiger partial charge in [-0.05, 0) is 0 Å². The van der Waals surface area contributed by atoms with E-state index in [0.29, 0.717) is 24.6 Å². The fraction of sp³-hybridized carbons (Fsp3) is 0.182. The van der Waals surface area contributed by atoms with Crippen LogP contribution in [0.4, 0.5) is 5.95 Å². The molecule has 0 saturated heterocycles. The van der Waals surface area contributed by atoms with Crippen molar-refractivity contribution in [3.8, 4) is 0 Å². The zero-order valence-electron chi connectivity index (χ0n) is 8.47. The third kappa shape index (κ3) is 3.02. The van der Waals surface area contributed by atoms with Crippen LogP contribution in [0.1, 0.15) is 10.4 Å². The van der Waals surface area contributed by atoms with Gasteiger partial charge in [0.25, 0.3) is 0 Å². The summed E-state index contributed by atoms with van der Waals surface area (Å²) in [5.41, 5.74) is 0.468. The van der Waals surface area contributed by atoms with E-state index in [4.69, 9.17) is 0 Å². The van der Waals surface area contributed by atoms with Crippen molar-refractivity contribution in [3.63, 3.8) is 0 Å². The van der Waals surface area contributed by atoms with Gasteiger partial charge in [-0.3, -0.25) is 4.79 Å². The van der Waals surface area contributed by atoms with Crippen LogP contribution < -0.4 is 4.90 Å². The first-order valence-electron chi connectivity index (χ1n) is 4.55. The van der Waals surface area contributed by atoms with E-state index in [1.54, 1.807) is 12.2 Å². The van der Waals surface area contributed by atoms with Crippen LogP contribution in [-0.2, 0) is 0 Å². The average molecular weight is 203 g/mol. The van der Waals surface area contributed by atoms with Crippen LogP contribution in [0.15, 0.2) is 37.7 Å². The fourth-order valence-electron chi connectivity index (χ4n) is 1.10. The van der Waals surface area contributed by atoms with Crippen LogP contribution in [0.25, 0.3) is 0 Å². The standard InChI is InChI=1S/C11H13N3O/c1-3-5-14(6-4-2)11-12-7-10(9-15)8-13-11/h3-4,7-9H,1-2,5-6H2. The lowest BCUT2D eigenvalue weighted by Gasteiger charge is -2.18. The minimum Gasteiger partial charge on any atom is -0.333 e. The predicted molar refractivity (Wildman–Crippen MR) is 60.0 cm³/mol. The Bertz CT molecular complexity index is 335. The number of nitrogens with zero attached hydrogens (tertiary/aromatic N) is 3. The van der Waals surface area contributed by atoms with Crippen molar-refractivity contribution in [2.24, 2.45) is 0 Å². The van der Waals surface area contributed by atoms with Crippen LogP contribution in [0.2, 0.25) is 0 Å². The first kappa shape index (κ1) is 11.1. The molecule has 0 aromatic carbocycles. The summed E-state index contributed by atoms with van der Waals surface area (Å²) in [6, 6.07) is 0. The quantitative estimate of drug-likeness (QED) is 0.519. The maximum absolute atomic E-state index is 10.4. The van der Waals surface area contributed by atoms with Crippen molar-refractivity contribution in [3.05, 3.63) is 43.3 Å². The first-order chi connectivity index (χ1) is 7.31. The Labute approximate surface area is 89.0 Å². The highest BCUT2D eigenvalue weighted by Crippen LogP contribution is 2.05. The lowest BCUT2D eigenvalue weighted by Crippen LogP contribution is -2.25. The summed E-state index contributed by atoms with van der Waals surface area (Å²) >= 11 is 0. The Morgan fingerprint density at radius 2 is 1.73 bits per heavy atom. The van der Waals surface area contributed by atoms with Gasteiger partial charge < -0.3 is 4.90 Å². The van der Waals surface area contributed by atoms with Gasteiger partial charge in [0.05, 0.1) is 5.56 Å². The molecule has 1 rings (SSSR count). The first-order valence-corrected chi connectivity index (χ1v) is 4.55. The molecule has 0 unspecified atom stereocenters. The zero-order chi connectivity index (χ0) is 11.1. The maximum Gasteiger partial charge on any atom is 0.225 e. The number of hydrogen-bond donors (Lipinski definition) is 0. The van der Waals surface area contributed by atoms with E-state index in [0.717, 1.165) is 6.29 Å². The van der Waals surface area contributed by atoms with Crippen molar-refractivity contribution in [2.45, 2.75) is 0 Å². The molecule has 0 aliphatic carbocycles. The van der Waals surface area contributed by atoms with Crippen LogP contribution in [-0.4, -0.2) is 29.3 Å². The number of carbonyl (C=O) groups excluding carboxylic acids is 1. The van der Waals surface area contributed by atoms with E-state index in [1.165, 1.54) is 12.4 Å². The Morgan fingerprint density at radius 1 is 1.20 bits per heavy atom. The normalized spacial score (nSPS) is 9.33. The molecule has 0 N–H and O–H groups in total. The van der Waals surface area contributed by atoms with E-state index in [9.17, 15) is 4.79 Å². The number of aldehydes is 1. The molecule has 1 heterocycles. The summed E-state index contributed by atoms with van der Waals surface area (Å²) in [6.07, 6.45) is 7.24. The molecule has 78 valence electrons. The van der Waals surface area contributed by atoms with E-state index >= 15 is 0 Å². The Hall–Kier alpha value is -1.97. The molecular formula is C11H13N3O. The second-order valence-corrected chi connectivity index (χ2v) is 2.92. The van der Waals surface area contributed by atoms with Crippen molar-refractivity contribution >= 4 is 12.2 Å². The largest absolute Gasteiger partial charge is 0.333 e. The molecule has 0 spiro atoms. The summed E-state index contributed by atoms with van der Waals surface area (Å²) < 4.78 is 0. The second-order valence-electron chi connectivity index (χ2n) is 2.92. The molecule has 0 saturated carbocycles. The monoisotopic (exact) mass is 203 g/mol. The molecule has 4 heteroatoms. The summed E-state index contributed by atoms with van der Waals surface area (Å²) in [4.78, 5) is 20.5. The fourth-order valence-corrected chi connectivity index (χ4v) is 1.10. The van der Waals surface area contributed by atoms with Gasteiger partial charge in [-0.1, -0.05) is 12.2 Å². The smallest absolute Gasteiger partial charge is 0.225 e. The topological polar surface area (TPSA) is 46.1 Å². The highest BCUT2D eigenvalue weighted by atomic mass is 16.1. The minimum atomic E-state index is 0.468. The summed E-state index contributed by atoms with van der Waals surface area (Å²) in [6.45, 7) is 8.60. The van der Waals surface area contributed by atoms with Gasteiger partial charge in [-0.2, -0.15) is 0 Å². The summed E-state index contributed by atoms with van der Waals surface area (Å²) in [5.74, 6) is 0.570. The Kier molecular flexibility index (Phi) is 4.22. The van der Waals surface area contributed by atoms with Gasteiger partial charge in [0.1, 0.15) is 0 Å². The molecule has 0 amide bonds. The molecule has 0 aliphatic rings.